The molecule has 0 saturated heterocycles. The molecule has 15 heavy (non-hydrogen) atoms. The van der Waals surface area contributed by atoms with Crippen molar-refractivity contribution in [2.45, 2.75) is 45.6 Å². The summed E-state index contributed by atoms with van der Waals surface area (Å²) in [5, 5.41) is 3.62. The van der Waals surface area contributed by atoms with Crippen LogP contribution in [0.4, 0.5) is 0 Å². The number of unbranched alkanes of at least 4 members (excludes halogenated alkanes) is 1. The Kier molecular flexibility index (Phi) is 6.10. The van der Waals surface area contributed by atoms with E-state index in [2.05, 4.69) is 49.5 Å². The van der Waals surface area contributed by atoms with Gasteiger partial charge in [-0.15, -0.1) is 0 Å². The Bertz CT molecular complexity index is 243. The van der Waals surface area contributed by atoms with Crippen LogP contribution >= 0.6 is 0 Å². The number of benzene rings is 1. The van der Waals surface area contributed by atoms with E-state index in [1.807, 2.05) is 0 Å². The van der Waals surface area contributed by atoms with Gasteiger partial charge in [0, 0.05) is 6.04 Å². The van der Waals surface area contributed by atoms with Crippen molar-refractivity contribution >= 4 is 0 Å². The summed E-state index contributed by atoms with van der Waals surface area (Å²) in [6, 6.07) is 11.4. The van der Waals surface area contributed by atoms with Crippen LogP contribution in [0.1, 0.15) is 38.7 Å². The van der Waals surface area contributed by atoms with Gasteiger partial charge < -0.3 is 5.32 Å². The minimum absolute atomic E-state index is 0.638. The predicted molar refractivity (Wildman–Crippen MR) is 67.1 cm³/mol. The fourth-order valence-electron chi connectivity index (χ4n) is 1.74. The van der Waals surface area contributed by atoms with E-state index in [0.29, 0.717) is 6.04 Å². The molecule has 84 valence electrons. The van der Waals surface area contributed by atoms with E-state index in [4.69, 9.17) is 0 Å². The number of rotatable bonds is 7. The van der Waals surface area contributed by atoms with Crippen LogP contribution < -0.4 is 5.32 Å². The van der Waals surface area contributed by atoms with Gasteiger partial charge in [0.05, 0.1) is 0 Å². The van der Waals surface area contributed by atoms with Crippen LogP contribution in [-0.2, 0) is 6.42 Å². The first-order chi connectivity index (χ1) is 7.36. The second-order valence-corrected chi connectivity index (χ2v) is 4.10. The molecule has 0 bridgehead atoms. The quantitative estimate of drug-likeness (QED) is 0.673. The first kappa shape index (κ1) is 12.3. The van der Waals surface area contributed by atoms with Gasteiger partial charge in [-0.3, -0.25) is 0 Å². The van der Waals surface area contributed by atoms with Gasteiger partial charge in [0.15, 0.2) is 0 Å². The van der Waals surface area contributed by atoms with Crippen molar-refractivity contribution < 1.29 is 0 Å². The molecule has 1 unspecified atom stereocenters. The zero-order valence-corrected chi connectivity index (χ0v) is 10.00. The van der Waals surface area contributed by atoms with Gasteiger partial charge in [0.2, 0.25) is 0 Å². The first-order valence-corrected chi connectivity index (χ1v) is 6.14. The standard InChI is InChI=1S/C14H23N/c1-3-5-11-15-14(4-2)12-13-9-7-6-8-10-13/h6-10,14-15H,3-5,11-12H2,1-2H3. The van der Waals surface area contributed by atoms with Gasteiger partial charge in [-0.1, -0.05) is 50.6 Å². The average molecular weight is 205 g/mol. The predicted octanol–water partition coefficient (Wildman–Crippen LogP) is 3.40. The monoisotopic (exact) mass is 205 g/mol. The molecule has 0 saturated carbocycles. The maximum absolute atomic E-state index is 3.62. The van der Waals surface area contributed by atoms with Gasteiger partial charge in [-0.2, -0.15) is 0 Å². The van der Waals surface area contributed by atoms with Gasteiger partial charge in [-0.05, 0) is 31.4 Å². The van der Waals surface area contributed by atoms with E-state index in [0.717, 1.165) is 13.0 Å². The molecule has 0 radical (unpaired) electrons. The molecule has 1 atom stereocenters. The summed E-state index contributed by atoms with van der Waals surface area (Å²) < 4.78 is 0. The Morgan fingerprint density at radius 1 is 1.13 bits per heavy atom. The van der Waals surface area contributed by atoms with Crippen molar-refractivity contribution in [2.75, 3.05) is 6.54 Å². The molecular weight excluding hydrogens is 182 g/mol. The lowest BCUT2D eigenvalue weighted by Gasteiger charge is -2.16. The van der Waals surface area contributed by atoms with Crippen molar-refractivity contribution in [3.63, 3.8) is 0 Å². The van der Waals surface area contributed by atoms with Crippen LogP contribution in [0.25, 0.3) is 0 Å². The molecule has 1 N–H and O–H groups in total. The summed E-state index contributed by atoms with van der Waals surface area (Å²) in [7, 11) is 0. The SMILES string of the molecule is CCCCNC(CC)Cc1ccccc1. The molecule has 0 aromatic heterocycles. The van der Waals surface area contributed by atoms with Gasteiger partial charge in [-0.25, -0.2) is 0 Å². The molecular formula is C14H23N. The highest BCUT2D eigenvalue weighted by Crippen LogP contribution is 2.05. The van der Waals surface area contributed by atoms with Gasteiger partial charge in [0.25, 0.3) is 0 Å². The maximum atomic E-state index is 3.62. The van der Waals surface area contributed by atoms with Crippen molar-refractivity contribution in [3.8, 4) is 0 Å². The first-order valence-electron chi connectivity index (χ1n) is 6.14. The zero-order chi connectivity index (χ0) is 10.9. The second kappa shape index (κ2) is 7.47. The molecule has 0 aliphatic heterocycles. The van der Waals surface area contributed by atoms with Crippen molar-refractivity contribution in [1.82, 2.24) is 5.32 Å². The molecule has 0 heterocycles. The summed E-state index contributed by atoms with van der Waals surface area (Å²) in [6.45, 7) is 5.65. The third-order valence-corrected chi connectivity index (χ3v) is 2.78. The van der Waals surface area contributed by atoms with Crippen molar-refractivity contribution in [3.05, 3.63) is 35.9 Å². The lowest BCUT2D eigenvalue weighted by atomic mass is 10.0. The van der Waals surface area contributed by atoms with E-state index in [1.165, 1.54) is 24.8 Å². The number of hydrogen-bond donors (Lipinski definition) is 1. The third-order valence-electron chi connectivity index (χ3n) is 2.78. The maximum Gasteiger partial charge on any atom is 0.0105 e. The van der Waals surface area contributed by atoms with Crippen LogP contribution in [0, 0.1) is 0 Å². The second-order valence-electron chi connectivity index (χ2n) is 4.10. The molecule has 1 heteroatoms. The molecule has 0 aliphatic carbocycles. The Morgan fingerprint density at radius 2 is 1.87 bits per heavy atom. The van der Waals surface area contributed by atoms with Crippen LogP contribution in [0.3, 0.4) is 0 Å². The Morgan fingerprint density at radius 3 is 2.47 bits per heavy atom. The van der Waals surface area contributed by atoms with Crippen LogP contribution in [0.2, 0.25) is 0 Å². The van der Waals surface area contributed by atoms with Crippen LogP contribution in [0.15, 0.2) is 30.3 Å². The largest absolute Gasteiger partial charge is 0.314 e. The van der Waals surface area contributed by atoms with Crippen LogP contribution in [0.5, 0.6) is 0 Å². The van der Waals surface area contributed by atoms with E-state index in [9.17, 15) is 0 Å². The molecule has 1 rings (SSSR count). The number of hydrogen-bond acceptors (Lipinski definition) is 1. The van der Waals surface area contributed by atoms with Crippen LogP contribution in [-0.4, -0.2) is 12.6 Å². The fourth-order valence-corrected chi connectivity index (χ4v) is 1.74. The van der Waals surface area contributed by atoms with E-state index < -0.39 is 0 Å². The molecule has 0 aliphatic rings. The minimum atomic E-state index is 0.638. The highest BCUT2D eigenvalue weighted by molar-refractivity contribution is 5.15. The van der Waals surface area contributed by atoms with Gasteiger partial charge >= 0.3 is 0 Å². The summed E-state index contributed by atoms with van der Waals surface area (Å²) in [5.74, 6) is 0. The fraction of sp³-hybridized carbons (Fsp3) is 0.571. The molecule has 0 fully saturated rings. The molecule has 1 aromatic rings. The minimum Gasteiger partial charge on any atom is -0.314 e. The summed E-state index contributed by atoms with van der Waals surface area (Å²) in [5.41, 5.74) is 1.44. The number of nitrogens with one attached hydrogen (secondary N) is 1. The summed E-state index contributed by atoms with van der Waals surface area (Å²) in [6.07, 6.45) is 4.92. The average Bonchev–Trinajstić information content (AvgIpc) is 2.29. The van der Waals surface area contributed by atoms with Crippen molar-refractivity contribution in [2.24, 2.45) is 0 Å². The van der Waals surface area contributed by atoms with E-state index in [1.54, 1.807) is 0 Å². The Balaban J connectivity index is 2.33. The Labute approximate surface area is 93.9 Å². The summed E-state index contributed by atoms with van der Waals surface area (Å²) >= 11 is 0. The van der Waals surface area contributed by atoms with E-state index in [-0.39, 0.29) is 0 Å². The zero-order valence-electron chi connectivity index (χ0n) is 10.00. The normalized spacial score (nSPS) is 12.7. The summed E-state index contributed by atoms with van der Waals surface area (Å²) in [4.78, 5) is 0. The lowest BCUT2D eigenvalue weighted by molar-refractivity contribution is 0.486. The molecule has 1 nitrogen and oxygen atoms in total. The van der Waals surface area contributed by atoms with E-state index >= 15 is 0 Å². The van der Waals surface area contributed by atoms with Gasteiger partial charge in [0.1, 0.15) is 0 Å². The Hall–Kier alpha value is -0.820. The lowest BCUT2D eigenvalue weighted by Crippen LogP contribution is -2.31. The highest BCUT2D eigenvalue weighted by atomic mass is 14.9. The topological polar surface area (TPSA) is 12.0 Å². The third kappa shape index (κ3) is 4.98. The molecule has 0 amide bonds. The smallest absolute Gasteiger partial charge is 0.0105 e. The van der Waals surface area contributed by atoms with Crippen molar-refractivity contribution in [1.29, 1.82) is 0 Å². The highest BCUT2D eigenvalue weighted by Gasteiger charge is 2.05. The molecule has 1 aromatic carbocycles. The molecule has 0 spiro atoms.